The largest absolute Gasteiger partial charge is 0.459 e. The Kier molecular flexibility index (Phi) is 8.01. The minimum atomic E-state index is -0.356. The summed E-state index contributed by atoms with van der Waals surface area (Å²) in [4.78, 5) is 11.0. The number of hydrogen-bond donors (Lipinski definition) is 1. The third-order valence-corrected chi connectivity index (χ3v) is 2.21. The topological polar surface area (TPSA) is 46.5 Å². The van der Waals surface area contributed by atoms with Crippen molar-refractivity contribution in [2.24, 2.45) is 0 Å². The first kappa shape index (κ1) is 14.2. The van der Waals surface area contributed by atoms with Crippen molar-refractivity contribution in [1.29, 1.82) is 0 Å². The van der Waals surface area contributed by atoms with E-state index < -0.39 is 0 Å². The van der Waals surface area contributed by atoms with Crippen molar-refractivity contribution in [3.05, 3.63) is 12.7 Å². The van der Waals surface area contributed by atoms with Gasteiger partial charge in [0.15, 0.2) is 0 Å². The van der Waals surface area contributed by atoms with Crippen molar-refractivity contribution >= 4 is 5.97 Å². The lowest BCUT2D eigenvalue weighted by Crippen LogP contribution is -2.17. The highest BCUT2D eigenvalue weighted by Gasteiger charge is 2.11. The summed E-state index contributed by atoms with van der Waals surface area (Å²) in [6.45, 7) is 7.20. The molecule has 3 heteroatoms. The monoisotopic (exact) mass is 214 g/mol. The van der Waals surface area contributed by atoms with Gasteiger partial charge in [0.25, 0.3) is 0 Å². The van der Waals surface area contributed by atoms with Crippen LogP contribution in [0.1, 0.15) is 46.0 Å². The van der Waals surface area contributed by atoms with E-state index >= 15 is 0 Å². The van der Waals surface area contributed by atoms with Gasteiger partial charge in [-0.15, -0.1) is 0 Å². The van der Waals surface area contributed by atoms with Crippen LogP contribution in [0.5, 0.6) is 0 Å². The predicted molar refractivity (Wildman–Crippen MR) is 60.5 cm³/mol. The molecule has 2 unspecified atom stereocenters. The molecular formula is C12H22O3. The lowest BCUT2D eigenvalue weighted by atomic mass is 10.1. The summed E-state index contributed by atoms with van der Waals surface area (Å²) in [7, 11) is 0. The van der Waals surface area contributed by atoms with E-state index in [1.54, 1.807) is 6.92 Å². The summed E-state index contributed by atoms with van der Waals surface area (Å²) in [5, 5.41) is 9.10. The SMILES string of the molecule is C=CC(=O)OC(CCC)CCCC(C)O. The van der Waals surface area contributed by atoms with Gasteiger partial charge < -0.3 is 9.84 Å². The smallest absolute Gasteiger partial charge is 0.330 e. The first-order valence-electron chi connectivity index (χ1n) is 5.61. The maximum absolute atomic E-state index is 11.0. The Morgan fingerprint density at radius 3 is 2.60 bits per heavy atom. The highest BCUT2D eigenvalue weighted by molar-refractivity contribution is 5.81. The Morgan fingerprint density at radius 1 is 1.47 bits per heavy atom. The second-order valence-electron chi connectivity index (χ2n) is 3.83. The maximum Gasteiger partial charge on any atom is 0.330 e. The van der Waals surface area contributed by atoms with Gasteiger partial charge in [-0.25, -0.2) is 4.79 Å². The van der Waals surface area contributed by atoms with Crippen LogP contribution in [-0.4, -0.2) is 23.3 Å². The van der Waals surface area contributed by atoms with Crippen LogP contribution >= 0.6 is 0 Å². The van der Waals surface area contributed by atoms with Crippen LogP contribution in [0.25, 0.3) is 0 Å². The van der Waals surface area contributed by atoms with Gasteiger partial charge in [-0.05, 0) is 32.6 Å². The molecule has 0 aliphatic rings. The fourth-order valence-electron chi connectivity index (χ4n) is 1.44. The Hall–Kier alpha value is -0.830. The molecule has 0 amide bonds. The predicted octanol–water partition coefficient (Wildman–Crippen LogP) is 2.44. The van der Waals surface area contributed by atoms with Crippen LogP contribution in [-0.2, 0) is 9.53 Å². The molecular weight excluding hydrogens is 192 g/mol. The first-order valence-corrected chi connectivity index (χ1v) is 5.61. The number of aliphatic hydroxyl groups is 1. The van der Waals surface area contributed by atoms with Gasteiger partial charge in [0.2, 0.25) is 0 Å². The molecule has 0 aliphatic carbocycles. The third-order valence-electron chi connectivity index (χ3n) is 2.21. The van der Waals surface area contributed by atoms with Gasteiger partial charge in [-0.3, -0.25) is 0 Å². The summed E-state index contributed by atoms with van der Waals surface area (Å²) in [6.07, 6.45) is 5.21. The van der Waals surface area contributed by atoms with E-state index in [0.29, 0.717) is 0 Å². The number of hydrogen-bond acceptors (Lipinski definition) is 3. The minimum Gasteiger partial charge on any atom is -0.459 e. The van der Waals surface area contributed by atoms with Gasteiger partial charge >= 0.3 is 5.97 Å². The van der Waals surface area contributed by atoms with E-state index in [2.05, 4.69) is 13.5 Å². The molecule has 0 aromatic heterocycles. The van der Waals surface area contributed by atoms with E-state index in [9.17, 15) is 4.79 Å². The summed E-state index contributed by atoms with van der Waals surface area (Å²) >= 11 is 0. The van der Waals surface area contributed by atoms with Crippen molar-refractivity contribution in [3.8, 4) is 0 Å². The van der Waals surface area contributed by atoms with Crippen LogP contribution in [0.2, 0.25) is 0 Å². The minimum absolute atomic E-state index is 0.0285. The molecule has 0 rings (SSSR count). The second kappa shape index (κ2) is 8.48. The van der Waals surface area contributed by atoms with Crippen molar-refractivity contribution in [2.75, 3.05) is 0 Å². The van der Waals surface area contributed by atoms with Crippen LogP contribution in [0.3, 0.4) is 0 Å². The number of carbonyl (C=O) groups excluding carboxylic acids is 1. The first-order chi connectivity index (χ1) is 7.10. The molecule has 15 heavy (non-hydrogen) atoms. The molecule has 0 heterocycles. The summed E-state index contributed by atoms with van der Waals surface area (Å²) < 4.78 is 5.18. The van der Waals surface area contributed by atoms with Crippen LogP contribution in [0.15, 0.2) is 12.7 Å². The fraction of sp³-hybridized carbons (Fsp3) is 0.750. The van der Waals surface area contributed by atoms with E-state index in [-0.39, 0.29) is 18.2 Å². The molecule has 88 valence electrons. The van der Waals surface area contributed by atoms with Gasteiger partial charge in [-0.2, -0.15) is 0 Å². The standard InChI is InChI=1S/C12H22O3/c1-4-7-11(15-12(14)5-2)9-6-8-10(3)13/h5,10-11,13H,2,4,6-9H2,1,3H3. The lowest BCUT2D eigenvalue weighted by molar-refractivity contribution is -0.143. The number of esters is 1. The van der Waals surface area contributed by atoms with Crippen molar-refractivity contribution in [2.45, 2.75) is 58.2 Å². The molecule has 0 fully saturated rings. The molecule has 0 bridgehead atoms. The molecule has 1 N–H and O–H groups in total. The van der Waals surface area contributed by atoms with Gasteiger partial charge in [-0.1, -0.05) is 19.9 Å². The molecule has 0 radical (unpaired) electrons. The molecule has 3 nitrogen and oxygen atoms in total. The number of ether oxygens (including phenoxy) is 1. The summed E-state index contributed by atoms with van der Waals surface area (Å²) in [5.41, 5.74) is 0. The highest BCUT2D eigenvalue weighted by atomic mass is 16.5. The summed E-state index contributed by atoms with van der Waals surface area (Å²) in [6, 6.07) is 0. The van der Waals surface area contributed by atoms with Gasteiger partial charge in [0.1, 0.15) is 6.10 Å². The molecule has 0 spiro atoms. The van der Waals surface area contributed by atoms with Crippen LogP contribution in [0.4, 0.5) is 0 Å². The van der Waals surface area contributed by atoms with E-state index in [0.717, 1.165) is 32.1 Å². The zero-order chi connectivity index (χ0) is 11.7. The Labute approximate surface area is 92.1 Å². The fourth-order valence-corrected chi connectivity index (χ4v) is 1.44. The number of rotatable bonds is 8. The zero-order valence-electron chi connectivity index (χ0n) is 9.74. The molecule has 0 aromatic rings. The molecule has 0 saturated heterocycles. The van der Waals surface area contributed by atoms with Crippen molar-refractivity contribution in [3.63, 3.8) is 0 Å². The Morgan fingerprint density at radius 2 is 2.13 bits per heavy atom. The van der Waals surface area contributed by atoms with Crippen molar-refractivity contribution < 1.29 is 14.6 Å². The Balaban J connectivity index is 3.82. The average molecular weight is 214 g/mol. The second-order valence-corrected chi connectivity index (χ2v) is 3.83. The molecule has 2 atom stereocenters. The van der Waals surface area contributed by atoms with E-state index in [1.165, 1.54) is 6.08 Å². The van der Waals surface area contributed by atoms with Crippen LogP contribution < -0.4 is 0 Å². The molecule has 0 saturated carbocycles. The van der Waals surface area contributed by atoms with Crippen LogP contribution in [0, 0.1) is 0 Å². The third kappa shape index (κ3) is 8.18. The lowest BCUT2D eigenvalue weighted by Gasteiger charge is -2.16. The number of aliphatic hydroxyl groups excluding tert-OH is 1. The number of carbonyl (C=O) groups is 1. The molecule has 0 aromatic carbocycles. The highest BCUT2D eigenvalue weighted by Crippen LogP contribution is 2.12. The Bertz CT molecular complexity index is 187. The van der Waals surface area contributed by atoms with E-state index in [1.807, 2.05) is 0 Å². The normalized spacial score (nSPS) is 14.3. The summed E-state index contributed by atoms with van der Waals surface area (Å²) in [5.74, 6) is -0.356. The zero-order valence-corrected chi connectivity index (χ0v) is 9.74. The van der Waals surface area contributed by atoms with E-state index in [4.69, 9.17) is 9.84 Å². The van der Waals surface area contributed by atoms with Gasteiger partial charge in [0, 0.05) is 6.08 Å². The maximum atomic E-state index is 11.0. The molecule has 0 aliphatic heterocycles. The van der Waals surface area contributed by atoms with Gasteiger partial charge in [0.05, 0.1) is 6.10 Å². The van der Waals surface area contributed by atoms with Crippen molar-refractivity contribution in [1.82, 2.24) is 0 Å². The quantitative estimate of drug-likeness (QED) is 0.498. The average Bonchev–Trinajstić information content (AvgIpc) is 2.17.